The van der Waals surface area contributed by atoms with E-state index in [2.05, 4.69) is 12.1 Å². The van der Waals surface area contributed by atoms with Gasteiger partial charge in [-0.1, -0.05) is 24.3 Å². The summed E-state index contributed by atoms with van der Waals surface area (Å²) in [6, 6.07) is 8.23. The van der Waals surface area contributed by atoms with Crippen molar-refractivity contribution in [3.05, 3.63) is 35.4 Å². The molecule has 2 rings (SSSR count). The molecule has 0 aromatic heterocycles. The van der Waals surface area contributed by atoms with Gasteiger partial charge in [-0.2, -0.15) is 0 Å². The summed E-state index contributed by atoms with van der Waals surface area (Å²) in [6.07, 6.45) is 4.19. The zero-order chi connectivity index (χ0) is 12.1. The van der Waals surface area contributed by atoms with Gasteiger partial charge < -0.3 is 10.5 Å². The number of rotatable bonds is 4. The van der Waals surface area contributed by atoms with Gasteiger partial charge in [0.2, 0.25) is 0 Å². The maximum absolute atomic E-state index is 11.6. The van der Waals surface area contributed by atoms with Crippen LogP contribution >= 0.6 is 0 Å². The summed E-state index contributed by atoms with van der Waals surface area (Å²) in [6.45, 7) is 0.538. The van der Waals surface area contributed by atoms with Gasteiger partial charge in [-0.15, -0.1) is 0 Å². The molecule has 0 fully saturated rings. The highest BCUT2D eigenvalue weighted by molar-refractivity contribution is 5.69. The summed E-state index contributed by atoms with van der Waals surface area (Å²) in [5, 5.41) is 0. The van der Waals surface area contributed by atoms with E-state index in [-0.39, 0.29) is 12.1 Å². The number of fused-ring (bicyclic) bond motifs is 1. The molecule has 2 N–H and O–H groups in total. The van der Waals surface area contributed by atoms with E-state index in [0.717, 1.165) is 19.3 Å². The molecule has 0 saturated heterocycles. The third kappa shape index (κ3) is 3.07. The summed E-state index contributed by atoms with van der Waals surface area (Å²) < 4.78 is 5.53. The van der Waals surface area contributed by atoms with Crippen LogP contribution in [0, 0.1) is 0 Å². The fourth-order valence-corrected chi connectivity index (χ4v) is 2.30. The number of esters is 1. The van der Waals surface area contributed by atoms with Gasteiger partial charge in [-0.25, -0.2) is 0 Å². The predicted molar refractivity (Wildman–Crippen MR) is 66.5 cm³/mol. The van der Waals surface area contributed by atoms with Crippen molar-refractivity contribution in [1.82, 2.24) is 0 Å². The Morgan fingerprint density at radius 1 is 1.41 bits per heavy atom. The van der Waals surface area contributed by atoms with Crippen molar-refractivity contribution in [3.63, 3.8) is 0 Å². The molecule has 1 aliphatic rings. The lowest BCUT2D eigenvalue weighted by Crippen LogP contribution is -2.17. The summed E-state index contributed by atoms with van der Waals surface area (Å²) in [4.78, 5) is 11.6. The zero-order valence-electron chi connectivity index (χ0n) is 10.0. The predicted octanol–water partition coefficient (Wildman–Crippen LogP) is 2.35. The molecule has 3 nitrogen and oxygen atoms in total. The number of hydrogen-bond donors (Lipinski definition) is 1. The highest BCUT2D eigenvalue weighted by Gasteiger charge is 2.22. The van der Waals surface area contributed by atoms with E-state index in [0.29, 0.717) is 19.4 Å². The van der Waals surface area contributed by atoms with E-state index in [1.807, 2.05) is 12.1 Å². The van der Waals surface area contributed by atoms with Gasteiger partial charge in [0.15, 0.2) is 0 Å². The molecule has 0 heterocycles. The van der Waals surface area contributed by atoms with Crippen LogP contribution in [0.15, 0.2) is 24.3 Å². The first-order chi connectivity index (χ1) is 8.31. The van der Waals surface area contributed by atoms with Crippen molar-refractivity contribution in [1.29, 1.82) is 0 Å². The maximum atomic E-state index is 11.6. The number of benzene rings is 1. The maximum Gasteiger partial charge on any atom is 0.306 e. The van der Waals surface area contributed by atoms with Crippen LogP contribution < -0.4 is 5.73 Å². The van der Waals surface area contributed by atoms with Gasteiger partial charge in [-0.3, -0.25) is 4.79 Å². The Bertz CT molecular complexity index is 390. The smallest absolute Gasteiger partial charge is 0.306 e. The van der Waals surface area contributed by atoms with E-state index in [9.17, 15) is 4.79 Å². The quantitative estimate of drug-likeness (QED) is 0.812. The molecule has 1 aromatic rings. The SMILES string of the molecule is NCCCC(=O)OC1CCCc2ccccc21. The first kappa shape index (κ1) is 12.1. The topological polar surface area (TPSA) is 52.3 Å². The molecule has 0 aliphatic heterocycles. The molecule has 17 heavy (non-hydrogen) atoms. The molecule has 1 aliphatic carbocycles. The van der Waals surface area contributed by atoms with Crippen LogP contribution in [0.3, 0.4) is 0 Å². The summed E-state index contributed by atoms with van der Waals surface area (Å²) in [5.41, 5.74) is 7.87. The molecule has 1 atom stereocenters. The second-order valence-electron chi connectivity index (χ2n) is 4.46. The average molecular weight is 233 g/mol. The fraction of sp³-hybridized carbons (Fsp3) is 0.500. The standard InChI is InChI=1S/C14H19NO2/c15-10-4-9-14(16)17-13-8-3-6-11-5-1-2-7-12(11)13/h1-2,5,7,13H,3-4,6,8-10,15H2. The van der Waals surface area contributed by atoms with Crippen molar-refractivity contribution in [3.8, 4) is 0 Å². The lowest BCUT2D eigenvalue weighted by molar-refractivity contribution is -0.150. The van der Waals surface area contributed by atoms with Crippen molar-refractivity contribution in [2.45, 2.75) is 38.2 Å². The van der Waals surface area contributed by atoms with Gasteiger partial charge in [-0.05, 0) is 43.4 Å². The zero-order valence-corrected chi connectivity index (χ0v) is 10.0. The molecule has 1 unspecified atom stereocenters. The van der Waals surface area contributed by atoms with Crippen LogP contribution in [0.25, 0.3) is 0 Å². The van der Waals surface area contributed by atoms with E-state index in [1.54, 1.807) is 0 Å². The summed E-state index contributed by atoms with van der Waals surface area (Å²) >= 11 is 0. The Hall–Kier alpha value is -1.35. The number of hydrogen-bond acceptors (Lipinski definition) is 3. The van der Waals surface area contributed by atoms with Gasteiger partial charge in [0.05, 0.1) is 0 Å². The second kappa shape index (κ2) is 5.82. The number of ether oxygens (including phenoxy) is 1. The molecule has 0 saturated carbocycles. The minimum absolute atomic E-state index is 0.0507. The molecule has 0 spiro atoms. The van der Waals surface area contributed by atoms with E-state index in [4.69, 9.17) is 10.5 Å². The monoisotopic (exact) mass is 233 g/mol. The van der Waals surface area contributed by atoms with Crippen LogP contribution in [0.1, 0.15) is 42.9 Å². The van der Waals surface area contributed by atoms with Crippen LogP contribution in [-0.2, 0) is 16.0 Å². The molecule has 3 heteroatoms. The van der Waals surface area contributed by atoms with Gasteiger partial charge >= 0.3 is 5.97 Å². The number of carbonyl (C=O) groups is 1. The minimum Gasteiger partial charge on any atom is -0.457 e. The van der Waals surface area contributed by atoms with Crippen molar-refractivity contribution in [2.75, 3.05) is 6.54 Å². The van der Waals surface area contributed by atoms with Crippen LogP contribution in [0.2, 0.25) is 0 Å². The van der Waals surface area contributed by atoms with Crippen molar-refractivity contribution >= 4 is 5.97 Å². The number of carbonyl (C=O) groups excluding carboxylic acids is 1. The molecular formula is C14H19NO2. The van der Waals surface area contributed by atoms with E-state index < -0.39 is 0 Å². The van der Waals surface area contributed by atoms with Crippen LogP contribution in [-0.4, -0.2) is 12.5 Å². The van der Waals surface area contributed by atoms with Crippen molar-refractivity contribution < 1.29 is 9.53 Å². The minimum atomic E-state index is -0.128. The Balaban J connectivity index is 2.01. The van der Waals surface area contributed by atoms with Crippen LogP contribution in [0.4, 0.5) is 0 Å². The average Bonchev–Trinajstić information content (AvgIpc) is 2.37. The molecule has 0 radical (unpaired) electrons. The van der Waals surface area contributed by atoms with Crippen LogP contribution in [0.5, 0.6) is 0 Å². The Morgan fingerprint density at radius 2 is 2.24 bits per heavy atom. The Labute approximate surface area is 102 Å². The Kier molecular flexibility index (Phi) is 4.15. The molecule has 0 amide bonds. The van der Waals surface area contributed by atoms with Crippen molar-refractivity contribution in [2.24, 2.45) is 5.73 Å². The lowest BCUT2D eigenvalue weighted by Gasteiger charge is -2.25. The normalized spacial score (nSPS) is 18.5. The molecular weight excluding hydrogens is 214 g/mol. The second-order valence-corrected chi connectivity index (χ2v) is 4.46. The Morgan fingerprint density at radius 3 is 3.06 bits per heavy atom. The summed E-state index contributed by atoms with van der Waals surface area (Å²) in [5.74, 6) is -0.128. The highest BCUT2D eigenvalue weighted by atomic mass is 16.5. The first-order valence-electron chi connectivity index (χ1n) is 6.28. The number of nitrogens with two attached hydrogens (primary N) is 1. The number of aryl methyl sites for hydroxylation is 1. The third-order valence-corrected chi connectivity index (χ3v) is 3.17. The fourth-order valence-electron chi connectivity index (χ4n) is 2.30. The first-order valence-corrected chi connectivity index (χ1v) is 6.28. The largest absolute Gasteiger partial charge is 0.457 e. The van der Waals surface area contributed by atoms with E-state index in [1.165, 1.54) is 11.1 Å². The molecule has 0 bridgehead atoms. The van der Waals surface area contributed by atoms with E-state index >= 15 is 0 Å². The third-order valence-electron chi connectivity index (χ3n) is 3.17. The lowest BCUT2D eigenvalue weighted by atomic mass is 9.89. The summed E-state index contributed by atoms with van der Waals surface area (Å²) in [7, 11) is 0. The van der Waals surface area contributed by atoms with Gasteiger partial charge in [0, 0.05) is 6.42 Å². The van der Waals surface area contributed by atoms with Gasteiger partial charge in [0.1, 0.15) is 6.10 Å². The molecule has 1 aromatic carbocycles. The van der Waals surface area contributed by atoms with Gasteiger partial charge in [0.25, 0.3) is 0 Å². The highest BCUT2D eigenvalue weighted by Crippen LogP contribution is 2.32. The molecule has 92 valence electrons.